The molecule has 0 spiro atoms. The molecule has 0 bridgehead atoms. The van der Waals surface area contributed by atoms with Gasteiger partial charge in [-0.15, -0.1) is 0 Å². The van der Waals surface area contributed by atoms with Gasteiger partial charge >= 0.3 is 0 Å². The maximum atomic E-state index is 13.1. The summed E-state index contributed by atoms with van der Waals surface area (Å²) in [7, 11) is 0. The second-order valence-electron chi connectivity index (χ2n) is 3.56. The van der Waals surface area contributed by atoms with Crippen LogP contribution in [-0.4, -0.2) is 0 Å². The lowest BCUT2D eigenvalue weighted by atomic mass is 10.0. The van der Waals surface area contributed by atoms with Crippen molar-refractivity contribution in [3.63, 3.8) is 0 Å². The number of aryl methyl sites for hydroxylation is 1. The standard InChI is InChI=1S/C12H12FNO/c1-8-5-9(7-10(13)6-8)12(14)11-3-2-4-15-11/h2-7,12H,14H2,1H3. The highest BCUT2D eigenvalue weighted by Crippen LogP contribution is 2.21. The molecule has 1 unspecified atom stereocenters. The van der Waals surface area contributed by atoms with Crippen molar-refractivity contribution < 1.29 is 8.81 Å². The molecule has 15 heavy (non-hydrogen) atoms. The van der Waals surface area contributed by atoms with Crippen molar-refractivity contribution >= 4 is 0 Å². The minimum absolute atomic E-state index is 0.271. The molecule has 78 valence electrons. The molecule has 1 aromatic carbocycles. The summed E-state index contributed by atoms with van der Waals surface area (Å²) < 4.78 is 18.3. The lowest BCUT2D eigenvalue weighted by Crippen LogP contribution is -2.11. The number of benzene rings is 1. The first-order chi connectivity index (χ1) is 7.16. The van der Waals surface area contributed by atoms with Crippen molar-refractivity contribution in [3.8, 4) is 0 Å². The van der Waals surface area contributed by atoms with E-state index < -0.39 is 6.04 Å². The molecule has 0 saturated heterocycles. The summed E-state index contributed by atoms with van der Waals surface area (Å²) in [5.41, 5.74) is 7.52. The van der Waals surface area contributed by atoms with Gasteiger partial charge in [-0.05, 0) is 42.3 Å². The van der Waals surface area contributed by atoms with Crippen LogP contribution < -0.4 is 5.73 Å². The van der Waals surface area contributed by atoms with Crippen molar-refractivity contribution in [3.05, 3.63) is 59.3 Å². The van der Waals surface area contributed by atoms with Gasteiger partial charge in [-0.1, -0.05) is 6.07 Å². The van der Waals surface area contributed by atoms with E-state index in [1.54, 1.807) is 18.4 Å². The highest BCUT2D eigenvalue weighted by Gasteiger charge is 2.12. The maximum Gasteiger partial charge on any atom is 0.124 e. The van der Waals surface area contributed by atoms with Crippen LogP contribution in [0.1, 0.15) is 22.9 Å². The van der Waals surface area contributed by atoms with Gasteiger partial charge in [0.05, 0.1) is 12.3 Å². The van der Waals surface area contributed by atoms with Crippen LogP contribution in [0.15, 0.2) is 41.0 Å². The van der Waals surface area contributed by atoms with E-state index in [0.717, 1.165) is 11.1 Å². The zero-order chi connectivity index (χ0) is 10.8. The highest BCUT2D eigenvalue weighted by molar-refractivity contribution is 5.30. The van der Waals surface area contributed by atoms with Crippen molar-refractivity contribution in [2.24, 2.45) is 5.73 Å². The van der Waals surface area contributed by atoms with Gasteiger partial charge in [0.25, 0.3) is 0 Å². The predicted molar refractivity (Wildman–Crippen MR) is 55.9 cm³/mol. The molecule has 0 saturated carbocycles. The summed E-state index contributed by atoms with van der Waals surface area (Å²) in [6.45, 7) is 1.83. The van der Waals surface area contributed by atoms with Crippen LogP contribution in [0.4, 0.5) is 4.39 Å². The number of rotatable bonds is 2. The van der Waals surface area contributed by atoms with Crippen LogP contribution in [0.2, 0.25) is 0 Å². The Morgan fingerprint density at radius 1 is 1.33 bits per heavy atom. The van der Waals surface area contributed by atoms with Gasteiger partial charge in [-0.3, -0.25) is 0 Å². The normalized spacial score (nSPS) is 12.7. The molecule has 2 rings (SSSR count). The van der Waals surface area contributed by atoms with Gasteiger partial charge in [-0.25, -0.2) is 4.39 Å². The smallest absolute Gasteiger partial charge is 0.124 e. The van der Waals surface area contributed by atoms with Gasteiger partial charge in [-0.2, -0.15) is 0 Å². The average molecular weight is 205 g/mol. The lowest BCUT2D eigenvalue weighted by Gasteiger charge is -2.10. The molecule has 1 heterocycles. The van der Waals surface area contributed by atoms with E-state index in [-0.39, 0.29) is 5.82 Å². The summed E-state index contributed by atoms with van der Waals surface area (Å²) in [6.07, 6.45) is 1.56. The van der Waals surface area contributed by atoms with Crippen molar-refractivity contribution in [2.75, 3.05) is 0 Å². The molecule has 0 fully saturated rings. The fourth-order valence-corrected chi connectivity index (χ4v) is 1.58. The van der Waals surface area contributed by atoms with Crippen LogP contribution in [0.5, 0.6) is 0 Å². The van der Waals surface area contributed by atoms with Gasteiger partial charge in [0.2, 0.25) is 0 Å². The fraction of sp³-hybridized carbons (Fsp3) is 0.167. The molecule has 2 nitrogen and oxygen atoms in total. The molecular weight excluding hydrogens is 193 g/mol. The molecule has 0 aliphatic heterocycles. The Bertz CT molecular complexity index is 430. The Balaban J connectivity index is 2.37. The van der Waals surface area contributed by atoms with Crippen molar-refractivity contribution in [1.82, 2.24) is 0 Å². The molecule has 1 atom stereocenters. The van der Waals surface area contributed by atoms with Crippen LogP contribution in [0.3, 0.4) is 0 Å². The van der Waals surface area contributed by atoms with Crippen LogP contribution in [-0.2, 0) is 0 Å². The van der Waals surface area contributed by atoms with Gasteiger partial charge < -0.3 is 10.2 Å². The average Bonchev–Trinajstić information content (AvgIpc) is 2.67. The van der Waals surface area contributed by atoms with E-state index in [1.165, 1.54) is 12.1 Å². The van der Waals surface area contributed by atoms with E-state index in [1.807, 2.05) is 13.0 Å². The molecule has 0 amide bonds. The Morgan fingerprint density at radius 3 is 2.73 bits per heavy atom. The third-order valence-corrected chi connectivity index (χ3v) is 2.27. The zero-order valence-electron chi connectivity index (χ0n) is 8.41. The van der Waals surface area contributed by atoms with Crippen LogP contribution in [0.25, 0.3) is 0 Å². The first-order valence-electron chi connectivity index (χ1n) is 4.73. The molecule has 3 heteroatoms. The minimum Gasteiger partial charge on any atom is -0.467 e. The number of hydrogen-bond donors (Lipinski definition) is 1. The molecule has 0 aliphatic carbocycles. The largest absolute Gasteiger partial charge is 0.467 e. The summed E-state index contributed by atoms with van der Waals surface area (Å²) in [4.78, 5) is 0. The van der Waals surface area contributed by atoms with E-state index in [0.29, 0.717) is 5.76 Å². The van der Waals surface area contributed by atoms with Gasteiger partial charge in [0.15, 0.2) is 0 Å². The van der Waals surface area contributed by atoms with E-state index >= 15 is 0 Å². The topological polar surface area (TPSA) is 39.2 Å². The number of halogens is 1. The maximum absolute atomic E-state index is 13.1. The Morgan fingerprint density at radius 2 is 2.13 bits per heavy atom. The fourth-order valence-electron chi connectivity index (χ4n) is 1.58. The third kappa shape index (κ3) is 2.07. The highest BCUT2D eigenvalue weighted by atomic mass is 19.1. The zero-order valence-corrected chi connectivity index (χ0v) is 8.41. The molecule has 0 aliphatic rings. The first-order valence-corrected chi connectivity index (χ1v) is 4.73. The second-order valence-corrected chi connectivity index (χ2v) is 3.56. The summed E-state index contributed by atoms with van der Waals surface area (Å²) in [5, 5.41) is 0. The third-order valence-electron chi connectivity index (χ3n) is 2.27. The molecular formula is C12H12FNO. The second kappa shape index (κ2) is 3.87. The minimum atomic E-state index is -0.408. The van der Waals surface area contributed by atoms with Crippen LogP contribution >= 0.6 is 0 Å². The van der Waals surface area contributed by atoms with E-state index in [4.69, 9.17) is 10.2 Å². The van der Waals surface area contributed by atoms with Crippen molar-refractivity contribution in [2.45, 2.75) is 13.0 Å². The molecule has 1 aromatic heterocycles. The predicted octanol–water partition coefficient (Wildman–Crippen LogP) is 2.78. The quantitative estimate of drug-likeness (QED) is 0.818. The van der Waals surface area contributed by atoms with Gasteiger partial charge in [0.1, 0.15) is 11.6 Å². The summed E-state index contributed by atoms with van der Waals surface area (Å²) >= 11 is 0. The van der Waals surface area contributed by atoms with E-state index in [9.17, 15) is 4.39 Å². The van der Waals surface area contributed by atoms with Gasteiger partial charge in [0, 0.05) is 0 Å². The monoisotopic (exact) mass is 205 g/mol. The number of hydrogen-bond acceptors (Lipinski definition) is 2. The van der Waals surface area contributed by atoms with Crippen LogP contribution in [0, 0.1) is 12.7 Å². The van der Waals surface area contributed by atoms with E-state index in [2.05, 4.69) is 0 Å². The molecule has 0 radical (unpaired) electrons. The Labute approximate surface area is 87.5 Å². The number of nitrogens with two attached hydrogens (primary N) is 1. The first kappa shape index (κ1) is 9.93. The summed E-state index contributed by atoms with van der Waals surface area (Å²) in [6, 6.07) is 7.90. The Hall–Kier alpha value is -1.61. The molecule has 2 aromatic rings. The SMILES string of the molecule is Cc1cc(F)cc(C(N)c2ccco2)c1. The van der Waals surface area contributed by atoms with Crippen molar-refractivity contribution in [1.29, 1.82) is 0 Å². The Kier molecular flexibility index (Phi) is 2.56. The number of furan rings is 1. The summed E-state index contributed by atoms with van der Waals surface area (Å²) in [5.74, 6) is 0.368. The molecule has 2 N–H and O–H groups in total. The lowest BCUT2D eigenvalue weighted by molar-refractivity contribution is 0.488.